The molecule has 1 aliphatic rings. The Bertz CT molecular complexity index is 825. The second kappa shape index (κ2) is 7.30. The highest BCUT2D eigenvalue weighted by Gasteiger charge is 2.52. The molecule has 0 aromatic heterocycles. The molecule has 27 heavy (non-hydrogen) atoms. The zero-order chi connectivity index (χ0) is 20.7. The van der Waals surface area contributed by atoms with Crippen molar-refractivity contribution in [3.8, 4) is 11.5 Å². The van der Waals surface area contributed by atoms with Gasteiger partial charge in [0, 0.05) is 18.2 Å². The van der Waals surface area contributed by atoms with Gasteiger partial charge in [-0.25, -0.2) is 4.79 Å². The van der Waals surface area contributed by atoms with Gasteiger partial charge in [-0.1, -0.05) is 0 Å². The first-order valence-electron chi connectivity index (χ1n) is 8.26. The van der Waals surface area contributed by atoms with Crippen LogP contribution < -0.4 is 4.74 Å². The van der Waals surface area contributed by atoms with Gasteiger partial charge in [0.05, 0.1) is 7.11 Å². The van der Waals surface area contributed by atoms with E-state index in [0.717, 1.165) is 0 Å². The van der Waals surface area contributed by atoms with Gasteiger partial charge in [0.2, 0.25) is 0 Å². The molecule has 3 atom stereocenters. The summed E-state index contributed by atoms with van der Waals surface area (Å²) in [6.07, 6.45) is -2.99. The van der Waals surface area contributed by atoms with Crippen LogP contribution in [-0.2, 0) is 14.3 Å². The number of esters is 1. The molecule has 0 saturated heterocycles. The Balaban J connectivity index is 2.56. The molecular weight excluding hydrogens is 356 g/mol. The maximum absolute atomic E-state index is 12.4. The Labute approximate surface area is 157 Å². The largest absolute Gasteiger partial charge is 0.507 e. The topological polar surface area (TPSA) is 123 Å². The molecule has 0 unspecified atom stereocenters. The number of carbonyl (C=O) groups is 2. The summed E-state index contributed by atoms with van der Waals surface area (Å²) in [5.74, 6) is -1.60. The first-order valence-corrected chi connectivity index (χ1v) is 8.26. The number of ether oxygens (including phenoxy) is 3. The average molecular weight is 380 g/mol. The molecule has 0 aliphatic heterocycles. The number of methoxy groups -OCH3 is 2. The van der Waals surface area contributed by atoms with E-state index < -0.39 is 29.6 Å². The van der Waals surface area contributed by atoms with Crippen molar-refractivity contribution >= 4 is 11.8 Å². The minimum Gasteiger partial charge on any atom is -0.507 e. The van der Waals surface area contributed by atoms with Crippen molar-refractivity contribution in [2.45, 2.75) is 45.5 Å². The van der Waals surface area contributed by atoms with E-state index in [1.165, 1.54) is 41.1 Å². The molecule has 1 aliphatic carbocycles. The van der Waals surface area contributed by atoms with Crippen LogP contribution in [0.4, 0.5) is 0 Å². The fraction of sp³-hybridized carbons (Fsp3) is 0.474. The van der Waals surface area contributed by atoms with Crippen molar-refractivity contribution < 1.29 is 39.1 Å². The van der Waals surface area contributed by atoms with E-state index in [1.807, 2.05) is 0 Å². The Kier molecular flexibility index (Phi) is 5.65. The molecule has 8 nitrogen and oxygen atoms in total. The third kappa shape index (κ3) is 3.20. The van der Waals surface area contributed by atoms with Gasteiger partial charge in [0.25, 0.3) is 0 Å². The molecule has 1 aromatic rings. The van der Waals surface area contributed by atoms with E-state index in [1.54, 1.807) is 6.92 Å². The highest BCUT2D eigenvalue weighted by Crippen LogP contribution is 2.39. The van der Waals surface area contributed by atoms with Crippen molar-refractivity contribution in [3.05, 3.63) is 34.1 Å². The Morgan fingerprint density at radius 3 is 2.26 bits per heavy atom. The minimum atomic E-state index is -1.59. The smallest absolute Gasteiger partial charge is 0.341 e. The number of aliphatic hydroxyl groups is 2. The first kappa shape index (κ1) is 20.9. The predicted molar refractivity (Wildman–Crippen MR) is 94.7 cm³/mol. The fourth-order valence-electron chi connectivity index (χ4n) is 3.01. The summed E-state index contributed by atoms with van der Waals surface area (Å²) in [7, 11) is 2.47. The van der Waals surface area contributed by atoms with Crippen LogP contribution >= 0.6 is 0 Å². The summed E-state index contributed by atoms with van der Waals surface area (Å²) in [6.45, 7) is 5.93. The van der Waals surface area contributed by atoms with Crippen LogP contribution in [0.1, 0.15) is 35.3 Å². The lowest BCUT2D eigenvalue weighted by Crippen LogP contribution is -2.59. The van der Waals surface area contributed by atoms with Gasteiger partial charge >= 0.3 is 5.97 Å². The van der Waals surface area contributed by atoms with E-state index in [-0.39, 0.29) is 34.0 Å². The van der Waals surface area contributed by atoms with E-state index in [2.05, 4.69) is 4.74 Å². The molecule has 0 heterocycles. The summed E-state index contributed by atoms with van der Waals surface area (Å²) >= 11 is 0. The summed E-state index contributed by atoms with van der Waals surface area (Å²) in [4.78, 5) is 24.2. The normalized spacial score (nSPS) is 25.6. The van der Waals surface area contributed by atoms with Gasteiger partial charge in [0.15, 0.2) is 5.78 Å². The molecule has 0 amide bonds. The number of hydrogen-bond donors (Lipinski definition) is 3. The van der Waals surface area contributed by atoms with Gasteiger partial charge < -0.3 is 29.5 Å². The summed E-state index contributed by atoms with van der Waals surface area (Å²) in [6, 6.07) is 1.49. The molecule has 0 saturated carbocycles. The maximum atomic E-state index is 12.4. The zero-order valence-electron chi connectivity index (χ0n) is 16.1. The first-order chi connectivity index (χ1) is 12.5. The fourth-order valence-corrected chi connectivity index (χ4v) is 3.01. The quantitative estimate of drug-likeness (QED) is 0.665. The van der Waals surface area contributed by atoms with Crippen LogP contribution in [0.15, 0.2) is 17.4 Å². The van der Waals surface area contributed by atoms with Crippen LogP contribution in [0, 0.1) is 13.8 Å². The predicted octanol–water partition coefficient (Wildman–Crippen LogP) is 1.16. The highest BCUT2D eigenvalue weighted by atomic mass is 16.5. The van der Waals surface area contributed by atoms with Crippen molar-refractivity contribution in [3.63, 3.8) is 0 Å². The van der Waals surface area contributed by atoms with Gasteiger partial charge in [0.1, 0.15) is 40.6 Å². The summed E-state index contributed by atoms with van der Waals surface area (Å²) in [5.41, 5.74) is -0.928. The van der Waals surface area contributed by atoms with Gasteiger partial charge in [-0.3, -0.25) is 4.79 Å². The Morgan fingerprint density at radius 2 is 1.74 bits per heavy atom. The monoisotopic (exact) mass is 380 g/mol. The number of aliphatic hydroxyl groups excluding tert-OH is 2. The lowest BCUT2D eigenvalue weighted by molar-refractivity contribution is -0.170. The number of ketones is 1. The summed E-state index contributed by atoms with van der Waals surface area (Å²) < 4.78 is 15.6. The number of aromatic hydroxyl groups is 1. The average Bonchev–Trinajstić information content (AvgIpc) is 2.65. The molecule has 148 valence electrons. The molecule has 8 heteroatoms. The number of phenolic OH excluding ortho intramolecular Hbond substituents is 1. The van der Waals surface area contributed by atoms with E-state index >= 15 is 0 Å². The molecule has 1 aromatic carbocycles. The lowest BCUT2D eigenvalue weighted by Gasteiger charge is -2.41. The van der Waals surface area contributed by atoms with Crippen LogP contribution in [0.5, 0.6) is 11.5 Å². The lowest BCUT2D eigenvalue weighted by atomic mass is 9.80. The number of benzene rings is 1. The van der Waals surface area contributed by atoms with Gasteiger partial charge in [-0.15, -0.1) is 0 Å². The molecule has 0 fully saturated rings. The SMILES string of the molecule is COC(=O)c1c(C)cc(OC2=C(C)C(=O)[C@H](O)[C@@](C)(OC)[C@H]2O)c(C)c1O. The highest BCUT2D eigenvalue weighted by molar-refractivity contribution is 6.01. The second-order valence-electron chi connectivity index (χ2n) is 6.68. The number of aryl methyl sites for hydroxylation is 1. The van der Waals surface area contributed by atoms with Crippen LogP contribution in [0.3, 0.4) is 0 Å². The van der Waals surface area contributed by atoms with E-state index in [9.17, 15) is 24.9 Å². The Hall–Kier alpha value is -2.42. The molecule has 0 bridgehead atoms. The van der Waals surface area contributed by atoms with Gasteiger partial charge in [-0.05, 0) is 39.3 Å². The number of rotatable bonds is 4. The number of carbonyl (C=O) groups excluding carboxylic acids is 2. The van der Waals surface area contributed by atoms with E-state index in [0.29, 0.717) is 5.56 Å². The number of Topliss-reactive ketones (excluding diaryl/α,β-unsaturated/α-hetero) is 1. The van der Waals surface area contributed by atoms with Crippen molar-refractivity contribution in [2.24, 2.45) is 0 Å². The second-order valence-corrected chi connectivity index (χ2v) is 6.68. The third-order valence-electron chi connectivity index (χ3n) is 5.07. The molecular formula is C19H24O8. The number of phenols is 1. The van der Waals surface area contributed by atoms with Crippen molar-refractivity contribution in [1.29, 1.82) is 0 Å². The molecule has 0 spiro atoms. The number of hydrogen-bond acceptors (Lipinski definition) is 8. The third-order valence-corrected chi connectivity index (χ3v) is 5.07. The molecule has 2 rings (SSSR count). The summed E-state index contributed by atoms with van der Waals surface area (Å²) in [5, 5.41) is 31.2. The molecule has 0 radical (unpaired) electrons. The van der Waals surface area contributed by atoms with Crippen LogP contribution in [0.25, 0.3) is 0 Å². The van der Waals surface area contributed by atoms with Gasteiger partial charge in [-0.2, -0.15) is 0 Å². The van der Waals surface area contributed by atoms with Crippen molar-refractivity contribution in [2.75, 3.05) is 14.2 Å². The van der Waals surface area contributed by atoms with E-state index in [4.69, 9.17) is 9.47 Å². The minimum absolute atomic E-state index is 0.00507. The Morgan fingerprint density at radius 1 is 1.15 bits per heavy atom. The van der Waals surface area contributed by atoms with Crippen LogP contribution in [0.2, 0.25) is 0 Å². The van der Waals surface area contributed by atoms with Crippen LogP contribution in [-0.4, -0.2) is 59.1 Å². The molecule has 3 N–H and O–H groups in total. The zero-order valence-corrected chi connectivity index (χ0v) is 16.1. The van der Waals surface area contributed by atoms with Crippen molar-refractivity contribution in [1.82, 2.24) is 0 Å². The maximum Gasteiger partial charge on any atom is 0.341 e. The standard InChI is InChI=1S/C19H24O8/c1-8-7-11(9(2)13(20)12(8)18(24)25-5)27-15-10(3)14(21)16(22)19(4,26-6)17(15)23/h7,16-17,20,22-23H,1-6H3/t16-,17-,19+/m0/s1.